The topological polar surface area (TPSA) is 44.3 Å². The molecule has 1 N–H and O–H groups in total. The lowest BCUT2D eigenvalue weighted by atomic mass is 10.2. The van der Waals surface area contributed by atoms with Crippen LogP contribution in [-0.2, 0) is 0 Å². The van der Waals surface area contributed by atoms with Gasteiger partial charge in [0, 0.05) is 44.8 Å². The highest BCUT2D eigenvalue weighted by atomic mass is 15.3. The molecule has 20 heavy (non-hydrogen) atoms. The molecule has 2 heterocycles. The summed E-state index contributed by atoms with van der Waals surface area (Å²) >= 11 is 0. The molecule has 1 aliphatic rings. The second-order valence-electron chi connectivity index (χ2n) is 5.60. The molecule has 1 saturated heterocycles. The number of nitrogens with zero attached hydrogens (tertiary/aromatic N) is 4. The highest BCUT2D eigenvalue weighted by Gasteiger charge is 2.23. The minimum Gasteiger partial charge on any atom is -0.373 e. The Labute approximate surface area is 122 Å². The van der Waals surface area contributed by atoms with Gasteiger partial charge in [-0.2, -0.15) is 0 Å². The van der Waals surface area contributed by atoms with Crippen LogP contribution in [0.4, 0.5) is 11.6 Å². The lowest BCUT2D eigenvalue weighted by Gasteiger charge is -2.39. The average Bonchev–Trinajstić information content (AvgIpc) is 2.48. The average molecular weight is 277 g/mol. The van der Waals surface area contributed by atoms with Crippen LogP contribution >= 0.6 is 0 Å². The summed E-state index contributed by atoms with van der Waals surface area (Å²) in [7, 11) is 1.92. The Balaban J connectivity index is 2.13. The van der Waals surface area contributed by atoms with Crippen LogP contribution in [0.25, 0.3) is 0 Å². The summed E-state index contributed by atoms with van der Waals surface area (Å²) in [5.41, 5.74) is 1.15. The van der Waals surface area contributed by atoms with Gasteiger partial charge in [-0.3, -0.25) is 4.90 Å². The van der Waals surface area contributed by atoms with Crippen molar-refractivity contribution in [2.45, 2.75) is 40.2 Å². The van der Waals surface area contributed by atoms with E-state index >= 15 is 0 Å². The Morgan fingerprint density at radius 3 is 2.35 bits per heavy atom. The van der Waals surface area contributed by atoms with Crippen molar-refractivity contribution in [2.75, 3.05) is 43.4 Å². The van der Waals surface area contributed by atoms with E-state index in [1.165, 1.54) is 6.42 Å². The van der Waals surface area contributed by atoms with E-state index in [2.05, 4.69) is 45.9 Å². The largest absolute Gasteiger partial charge is 0.373 e. The summed E-state index contributed by atoms with van der Waals surface area (Å²) in [6.45, 7) is 13.0. The summed E-state index contributed by atoms with van der Waals surface area (Å²) in [5, 5.41) is 3.16. The van der Waals surface area contributed by atoms with Crippen molar-refractivity contribution < 1.29 is 0 Å². The summed E-state index contributed by atoms with van der Waals surface area (Å²) in [6, 6.07) is 0.679. The van der Waals surface area contributed by atoms with Gasteiger partial charge >= 0.3 is 0 Å². The van der Waals surface area contributed by atoms with Gasteiger partial charge in [-0.25, -0.2) is 9.97 Å². The number of hydrogen-bond acceptors (Lipinski definition) is 5. The van der Waals surface area contributed by atoms with Crippen molar-refractivity contribution in [1.82, 2.24) is 14.9 Å². The van der Waals surface area contributed by atoms with Crippen molar-refractivity contribution in [3.63, 3.8) is 0 Å². The lowest BCUT2D eigenvalue weighted by molar-refractivity contribution is 0.192. The monoisotopic (exact) mass is 277 g/mol. The zero-order chi connectivity index (χ0) is 14.7. The number of rotatable bonds is 4. The Morgan fingerprint density at radius 1 is 1.15 bits per heavy atom. The van der Waals surface area contributed by atoms with E-state index < -0.39 is 0 Å². The van der Waals surface area contributed by atoms with E-state index in [0.717, 1.165) is 49.2 Å². The van der Waals surface area contributed by atoms with Gasteiger partial charge in [0.25, 0.3) is 0 Å². The third-order valence-electron chi connectivity index (χ3n) is 4.30. The van der Waals surface area contributed by atoms with Crippen LogP contribution in [0.15, 0.2) is 0 Å². The quantitative estimate of drug-likeness (QED) is 0.912. The molecule has 2 rings (SSSR count). The smallest absolute Gasteiger partial charge is 0.137 e. The van der Waals surface area contributed by atoms with Crippen LogP contribution in [0.5, 0.6) is 0 Å². The number of aromatic nitrogens is 2. The highest BCUT2D eigenvalue weighted by molar-refractivity contribution is 5.58. The van der Waals surface area contributed by atoms with Crippen LogP contribution in [0.1, 0.15) is 31.7 Å². The molecular formula is C15H27N5. The van der Waals surface area contributed by atoms with Gasteiger partial charge in [0.05, 0.1) is 0 Å². The summed E-state index contributed by atoms with van der Waals surface area (Å²) in [6.07, 6.45) is 1.22. The number of nitrogens with one attached hydrogen (secondary N) is 1. The normalized spacial score (nSPS) is 18.1. The molecule has 0 saturated carbocycles. The maximum absolute atomic E-state index is 4.65. The van der Waals surface area contributed by atoms with Gasteiger partial charge in [-0.05, 0) is 27.2 Å². The van der Waals surface area contributed by atoms with E-state index in [1.54, 1.807) is 0 Å². The van der Waals surface area contributed by atoms with Gasteiger partial charge in [0.2, 0.25) is 0 Å². The molecule has 1 aromatic rings. The first-order chi connectivity index (χ1) is 9.56. The second kappa shape index (κ2) is 6.39. The molecule has 0 spiro atoms. The van der Waals surface area contributed by atoms with Crippen molar-refractivity contribution in [1.29, 1.82) is 0 Å². The Morgan fingerprint density at radius 2 is 1.80 bits per heavy atom. The van der Waals surface area contributed by atoms with Crippen LogP contribution in [0.2, 0.25) is 0 Å². The van der Waals surface area contributed by atoms with Gasteiger partial charge in [0.15, 0.2) is 0 Å². The molecule has 1 atom stereocenters. The molecule has 1 aliphatic heterocycles. The van der Waals surface area contributed by atoms with E-state index in [1.807, 2.05) is 14.0 Å². The van der Waals surface area contributed by atoms with Crippen molar-refractivity contribution in [3.05, 3.63) is 11.4 Å². The molecule has 0 amide bonds. The number of aryl methyl sites for hydroxylation is 1. The van der Waals surface area contributed by atoms with E-state index in [4.69, 9.17) is 0 Å². The van der Waals surface area contributed by atoms with Crippen LogP contribution in [0.3, 0.4) is 0 Å². The third kappa shape index (κ3) is 3.03. The molecule has 1 aromatic heterocycles. The fraction of sp³-hybridized carbons (Fsp3) is 0.733. The first-order valence-corrected chi connectivity index (χ1v) is 7.58. The molecular weight excluding hydrogens is 250 g/mol. The highest BCUT2D eigenvalue weighted by Crippen LogP contribution is 2.24. The first-order valence-electron chi connectivity index (χ1n) is 7.58. The zero-order valence-corrected chi connectivity index (χ0v) is 13.4. The van der Waals surface area contributed by atoms with E-state index in [0.29, 0.717) is 6.04 Å². The molecule has 0 radical (unpaired) electrons. The molecule has 1 unspecified atom stereocenters. The van der Waals surface area contributed by atoms with Gasteiger partial charge in [0.1, 0.15) is 17.5 Å². The minimum atomic E-state index is 0.679. The van der Waals surface area contributed by atoms with Crippen LogP contribution < -0.4 is 10.2 Å². The van der Waals surface area contributed by atoms with Crippen LogP contribution in [0, 0.1) is 13.8 Å². The lowest BCUT2D eigenvalue weighted by Crippen LogP contribution is -2.50. The fourth-order valence-electron chi connectivity index (χ4n) is 2.80. The molecule has 5 heteroatoms. The third-order valence-corrected chi connectivity index (χ3v) is 4.30. The van der Waals surface area contributed by atoms with Crippen molar-refractivity contribution >= 4 is 11.6 Å². The van der Waals surface area contributed by atoms with Crippen molar-refractivity contribution in [3.8, 4) is 0 Å². The van der Waals surface area contributed by atoms with E-state index in [-0.39, 0.29) is 0 Å². The molecule has 0 aromatic carbocycles. The molecule has 0 bridgehead atoms. The van der Waals surface area contributed by atoms with Crippen LogP contribution in [-0.4, -0.2) is 54.1 Å². The first kappa shape index (κ1) is 15.0. The Bertz CT molecular complexity index is 452. The maximum atomic E-state index is 4.65. The molecule has 112 valence electrons. The van der Waals surface area contributed by atoms with Gasteiger partial charge in [-0.15, -0.1) is 0 Å². The predicted molar refractivity (Wildman–Crippen MR) is 84.6 cm³/mol. The SMILES string of the molecule is CCC(C)N1CCN(c2nc(C)nc(NC)c2C)CC1. The number of hydrogen-bond donors (Lipinski definition) is 1. The molecule has 1 fully saturated rings. The molecule has 5 nitrogen and oxygen atoms in total. The van der Waals surface area contributed by atoms with E-state index in [9.17, 15) is 0 Å². The number of anilines is 2. The fourth-order valence-corrected chi connectivity index (χ4v) is 2.80. The maximum Gasteiger partial charge on any atom is 0.137 e. The van der Waals surface area contributed by atoms with Crippen molar-refractivity contribution in [2.24, 2.45) is 0 Å². The number of piperazine rings is 1. The Kier molecular flexibility index (Phi) is 4.81. The zero-order valence-electron chi connectivity index (χ0n) is 13.4. The standard InChI is InChI=1S/C15H27N5/c1-6-11(2)19-7-9-20(10-8-19)15-12(3)14(16-5)17-13(4)18-15/h11H,6-10H2,1-5H3,(H,16,17,18). The summed E-state index contributed by atoms with van der Waals surface area (Å²) in [5.74, 6) is 2.86. The van der Waals surface area contributed by atoms with Gasteiger partial charge < -0.3 is 10.2 Å². The summed E-state index contributed by atoms with van der Waals surface area (Å²) < 4.78 is 0. The molecule has 0 aliphatic carbocycles. The van der Waals surface area contributed by atoms with Gasteiger partial charge in [-0.1, -0.05) is 6.92 Å². The second-order valence-corrected chi connectivity index (χ2v) is 5.60. The predicted octanol–water partition coefficient (Wildman–Crippen LogP) is 2.06. The minimum absolute atomic E-state index is 0.679. The summed E-state index contributed by atoms with van der Waals surface area (Å²) in [4.78, 5) is 14.1. The Hall–Kier alpha value is -1.36.